The Morgan fingerprint density at radius 3 is 1.03 bits per heavy atom. The summed E-state index contributed by atoms with van der Waals surface area (Å²) in [6.45, 7) is 0. The van der Waals surface area contributed by atoms with Gasteiger partial charge < -0.3 is 13.3 Å². The zero-order valence-electron chi connectivity index (χ0n) is 69.9. The van der Waals surface area contributed by atoms with Gasteiger partial charge in [-0.1, -0.05) is 358 Å². The van der Waals surface area contributed by atoms with Gasteiger partial charge in [-0.25, -0.2) is 0 Å². The van der Waals surface area contributed by atoms with E-state index in [9.17, 15) is 0 Å². The molecule has 0 amide bonds. The van der Waals surface area contributed by atoms with E-state index in [1.54, 1.807) is 0 Å². The maximum Gasteiger partial charge on any atom is 0.136 e. The fraction of sp³-hybridized carbons (Fsp3) is 0. The van der Waals surface area contributed by atoms with E-state index < -0.39 is 0 Å². The zero-order chi connectivity index (χ0) is 84.5. The molecule has 0 radical (unpaired) electrons. The van der Waals surface area contributed by atoms with Crippen LogP contribution >= 0.6 is 0 Å². The van der Waals surface area contributed by atoms with Gasteiger partial charge in [-0.05, 0) is 305 Å². The van der Waals surface area contributed by atoms with Crippen molar-refractivity contribution < 1.29 is 13.3 Å². The van der Waals surface area contributed by atoms with Crippen molar-refractivity contribution in [2.45, 2.75) is 0 Å². The second-order valence-electron chi connectivity index (χ2n) is 34.6. The molecule has 129 heavy (non-hydrogen) atoms. The number of fused-ring (bicyclic) bond motifs is 18. The number of rotatable bonds is 11. The highest BCUT2D eigenvalue weighted by Gasteiger charge is 2.28. The predicted octanol–water partition coefficient (Wildman–Crippen LogP) is 36.1. The number of hydrogen-bond acceptors (Lipinski definition) is 3. The predicted molar refractivity (Wildman–Crippen MR) is 546 cm³/mol. The molecule has 0 saturated carbocycles. The molecule has 3 nitrogen and oxygen atoms in total. The summed E-state index contributed by atoms with van der Waals surface area (Å²) in [4.78, 5) is 0. The van der Waals surface area contributed by atoms with Gasteiger partial charge in [-0.2, -0.15) is 0 Å². The third-order valence-corrected chi connectivity index (χ3v) is 27.6. The Kier molecular flexibility index (Phi) is 16.2. The summed E-state index contributed by atoms with van der Waals surface area (Å²) in [5.41, 5.74) is 30.3. The highest BCUT2D eigenvalue weighted by molar-refractivity contribution is 6.29. The van der Waals surface area contributed by atoms with E-state index in [0.29, 0.717) is 0 Å². The first kappa shape index (κ1) is 72.5. The van der Waals surface area contributed by atoms with Crippen LogP contribution in [-0.4, -0.2) is 0 Å². The molecule has 0 aliphatic carbocycles. The zero-order valence-corrected chi connectivity index (χ0v) is 69.9. The second kappa shape index (κ2) is 28.8. The third kappa shape index (κ3) is 11.4. The molecule has 3 heterocycles. The van der Waals surface area contributed by atoms with Gasteiger partial charge in [0.25, 0.3) is 0 Å². The van der Waals surface area contributed by atoms with E-state index >= 15 is 0 Å². The molecule has 3 heteroatoms. The lowest BCUT2D eigenvalue weighted by molar-refractivity contribution is 0.668. The molecule has 3 aromatic heterocycles. The summed E-state index contributed by atoms with van der Waals surface area (Å²) in [6.07, 6.45) is 0. The molecule has 0 saturated heterocycles. The van der Waals surface area contributed by atoms with E-state index in [-0.39, 0.29) is 0 Å². The number of furan rings is 3. The lowest BCUT2D eigenvalue weighted by Gasteiger charge is -2.21. The third-order valence-electron chi connectivity index (χ3n) is 27.6. The first-order valence-corrected chi connectivity index (χ1v) is 44.5. The van der Waals surface area contributed by atoms with Crippen LogP contribution in [-0.2, 0) is 0 Å². The number of para-hydroxylation sites is 1. The van der Waals surface area contributed by atoms with Crippen molar-refractivity contribution in [2.75, 3.05) is 0 Å². The summed E-state index contributed by atoms with van der Waals surface area (Å²) in [7, 11) is 0. The topological polar surface area (TPSA) is 39.4 Å². The standard InChI is InChI=1S/C126H74O3/c1-3-27-77(28-4-1)118-96-38-15-19-42-100(96)123(101-43-20-16-39-97(101)118)109-72-88(67-84-32-9-11-34-90(84)109)82-59-64-114-108(70-82)107-69-81(58-63-113(107)127-114)83-56-61-106-117(74-83)129-116-65-62-93(122(126(106)116)89-68-85-33-10-12-35-91(85)110(73-89)124-102-44-21-17-40-98(102)119(78-29-5-2-6-30-78)99-41-18-22-45-103(99)124)86-57-60-104-111(71-86)120(94-36-13-14-37-95(94)121(104)87-55-50-75-26-7-8-31-80(75)66-87)79-53-51-76(52-54-79)92-47-25-49-115-125(92)105-46-23-24-48-112(105)128-115/h1-74H. The van der Waals surface area contributed by atoms with Gasteiger partial charge in [0, 0.05) is 37.9 Å². The average molecular weight is 1640 g/mol. The van der Waals surface area contributed by atoms with E-state index in [0.717, 1.165) is 143 Å². The Morgan fingerprint density at radius 2 is 0.450 bits per heavy atom. The Balaban J connectivity index is 0.661. The van der Waals surface area contributed by atoms with Crippen molar-refractivity contribution in [3.05, 3.63) is 449 Å². The fourth-order valence-electron chi connectivity index (χ4n) is 21.9. The number of hydrogen-bond donors (Lipinski definition) is 0. The van der Waals surface area contributed by atoms with E-state index in [2.05, 4.69) is 443 Å². The molecular formula is C126H74O3. The summed E-state index contributed by atoms with van der Waals surface area (Å²) < 4.78 is 20.7. The van der Waals surface area contributed by atoms with Gasteiger partial charge in [-0.3, -0.25) is 0 Å². The van der Waals surface area contributed by atoms with Crippen LogP contribution in [0.25, 0.3) is 285 Å². The van der Waals surface area contributed by atoms with Gasteiger partial charge in [-0.15, -0.1) is 0 Å². The molecule has 0 fully saturated rings. The van der Waals surface area contributed by atoms with Crippen molar-refractivity contribution in [2.24, 2.45) is 0 Å². The lowest BCUT2D eigenvalue weighted by Crippen LogP contribution is -1.94. The summed E-state index contributed by atoms with van der Waals surface area (Å²) >= 11 is 0. The molecule has 0 aliphatic rings. The van der Waals surface area contributed by atoms with Gasteiger partial charge in [0.15, 0.2) is 0 Å². The molecule has 0 aliphatic heterocycles. The van der Waals surface area contributed by atoms with E-state index in [1.165, 1.54) is 142 Å². The Bertz CT molecular complexity index is 9310. The van der Waals surface area contributed by atoms with Crippen LogP contribution < -0.4 is 0 Å². The van der Waals surface area contributed by atoms with Crippen molar-refractivity contribution in [3.63, 3.8) is 0 Å². The van der Waals surface area contributed by atoms with E-state index in [1.807, 2.05) is 6.07 Å². The molecular weight excluding hydrogens is 1560 g/mol. The minimum Gasteiger partial charge on any atom is -0.456 e. The van der Waals surface area contributed by atoms with Gasteiger partial charge in [0.2, 0.25) is 0 Å². The smallest absolute Gasteiger partial charge is 0.136 e. The van der Waals surface area contributed by atoms with Crippen molar-refractivity contribution >= 4 is 163 Å². The van der Waals surface area contributed by atoms with Crippen LogP contribution in [0.4, 0.5) is 0 Å². The normalized spacial score (nSPS) is 12.0. The minimum absolute atomic E-state index is 0.796. The van der Waals surface area contributed by atoms with Gasteiger partial charge in [0.1, 0.15) is 33.5 Å². The molecule has 0 atom stereocenters. The minimum atomic E-state index is 0.796. The molecule has 596 valence electrons. The average Bonchev–Trinajstić information content (AvgIpc) is 1.58. The second-order valence-corrected chi connectivity index (χ2v) is 34.6. The number of benzene rings is 24. The van der Waals surface area contributed by atoms with Crippen LogP contribution in [0.2, 0.25) is 0 Å². The van der Waals surface area contributed by atoms with Crippen LogP contribution in [0, 0.1) is 0 Å². The summed E-state index contributed by atoms with van der Waals surface area (Å²) in [5.74, 6) is 0. The molecule has 0 bridgehead atoms. The maximum absolute atomic E-state index is 7.44. The van der Waals surface area contributed by atoms with Crippen molar-refractivity contribution in [1.82, 2.24) is 0 Å². The molecule has 24 aromatic carbocycles. The van der Waals surface area contributed by atoms with Crippen LogP contribution in [0.1, 0.15) is 0 Å². The highest BCUT2D eigenvalue weighted by atomic mass is 16.3. The molecule has 27 rings (SSSR count). The van der Waals surface area contributed by atoms with Gasteiger partial charge >= 0.3 is 0 Å². The Hall–Kier alpha value is -17.0. The molecule has 0 spiro atoms. The SMILES string of the molecule is c1ccc(-c2c3ccccc3c(-c3cc(-c4ccc5oc6ccc(-c7ccc8c(c7)oc7ccc(-c9ccc%10c(-c%11ccc%12ccccc%12c%11)c%11ccccc%11c(-c%11ccc(-c%12cccc%13oc%14ccccc%14c%12%13)cc%11)c%10c9)c(-c9cc(-c%10c%11ccccc%11c(-c%11ccccc%11)c%11ccccc%10%11)c%10ccccc%10c9)c78)cc6c5c4)cc4ccccc34)c3ccccc23)cc1. The highest BCUT2D eigenvalue weighted by Crippen LogP contribution is 2.55. The maximum atomic E-state index is 7.44. The first-order valence-electron chi connectivity index (χ1n) is 44.5. The van der Waals surface area contributed by atoms with Crippen molar-refractivity contribution in [3.8, 4) is 122 Å². The monoisotopic (exact) mass is 1630 g/mol. The quantitative estimate of drug-likeness (QED) is 0.121. The lowest BCUT2D eigenvalue weighted by atomic mass is 9.82. The van der Waals surface area contributed by atoms with Gasteiger partial charge in [0.05, 0.1) is 0 Å². The fourth-order valence-corrected chi connectivity index (χ4v) is 21.9. The van der Waals surface area contributed by atoms with Crippen LogP contribution in [0.3, 0.4) is 0 Å². The molecule has 0 unspecified atom stereocenters. The summed E-state index contributed by atoms with van der Waals surface area (Å²) in [6, 6.07) is 166. The van der Waals surface area contributed by atoms with Crippen molar-refractivity contribution in [1.29, 1.82) is 0 Å². The summed E-state index contributed by atoms with van der Waals surface area (Å²) in [5, 5.41) is 27.9. The first-order chi connectivity index (χ1) is 64.0. The molecule has 27 aromatic rings. The van der Waals surface area contributed by atoms with E-state index in [4.69, 9.17) is 13.3 Å². The largest absolute Gasteiger partial charge is 0.456 e. The molecule has 0 N–H and O–H groups in total. The van der Waals surface area contributed by atoms with Crippen LogP contribution in [0.15, 0.2) is 462 Å². The van der Waals surface area contributed by atoms with Crippen LogP contribution in [0.5, 0.6) is 0 Å². The Labute approximate surface area is 742 Å². The Morgan fingerprint density at radius 1 is 0.109 bits per heavy atom.